The Labute approximate surface area is 133 Å². The van der Waals surface area contributed by atoms with Crippen LogP contribution in [-0.4, -0.2) is 59.8 Å². The lowest BCUT2D eigenvalue weighted by Crippen LogP contribution is -2.53. The highest BCUT2D eigenvalue weighted by atomic mass is 16.5. The van der Waals surface area contributed by atoms with Gasteiger partial charge in [0, 0.05) is 23.7 Å². The van der Waals surface area contributed by atoms with Crippen LogP contribution < -0.4 is 0 Å². The summed E-state index contributed by atoms with van der Waals surface area (Å²) in [5.41, 5.74) is 0.698. The molecule has 0 N–H and O–H groups in total. The molecule has 2 aliphatic heterocycles. The van der Waals surface area contributed by atoms with Gasteiger partial charge in [-0.3, -0.25) is 9.80 Å². The minimum absolute atomic E-state index is 0.295. The molecule has 2 rings (SSSR count). The Morgan fingerprint density at radius 1 is 0.810 bits per heavy atom. The molecule has 1 atom stereocenters. The first kappa shape index (κ1) is 18.9. The average molecular weight is 299 g/mol. The van der Waals surface area contributed by atoms with Crippen molar-refractivity contribution in [3.63, 3.8) is 0 Å². The SMILES string of the molecule is CC(C)(C)N1CCCCC1.CC1COCCN1C(C)(C)C. The number of nitrogens with zero attached hydrogens (tertiary/aromatic N) is 2. The van der Waals surface area contributed by atoms with Gasteiger partial charge in [-0.2, -0.15) is 0 Å². The van der Waals surface area contributed by atoms with E-state index >= 15 is 0 Å². The molecule has 0 saturated carbocycles. The van der Waals surface area contributed by atoms with Crippen LogP contribution in [0.3, 0.4) is 0 Å². The molecule has 0 aromatic rings. The predicted molar refractivity (Wildman–Crippen MR) is 91.9 cm³/mol. The van der Waals surface area contributed by atoms with Crippen molar-refractivity contribution < 1.29 is 4.74 Å². The predicted octanol–water partition coefficient (Wildman–Crippen LogP) is 3.78. The molecule has 0 spiro atoms. The quantitative estimate of drug-likeness (QED) is 0.677. The maximum absolute atomic E-state index is 5.37. The molecule has 0 aromatic carbocycles. The van der Waals surface area contributed by atoms with Gasteiger partial charge in [-0.1, -0.05) is 6.42 Å². The highest BCUT2D eigenvalue weighted by Gasteiger charge is 2.28. The number of hydrogen-bond acceptors (Lipinski definition) is 3. The summed E-state index contributed by atoms with van der Waals surface area (Å²) >= 11 is 0. The normalized spacial score (nSPS) is 26.1. The van der Waals surface area contributed by atoms with Crippen molar-refractivity contribution in [3.8, 4) is 0 Å². The third-order valence-electron chi connectivity index (χ3n) is 4.53. The van der Waals surface area contributed by atoms with Gasteiger partial charge in [0.25, 0.3) is 0 Å². The molecule has 1 unspecified atom stereocenters. The van der Waals surface area contributed by atoms with Crippen molar-refractivity contribution in [1.29, 1.82) is 0 Å². The van der Waals surface area contributed by atoms with Gasteiger partial charge in [0.15, 0.2) is 0 Å². The number of hydrogen-bond donors (Lipinski definition) is 0. The highest BCUT2D eigenvalue weighted by Crippen LogP contribution is 2.19. The summed E-state index contributed by atoms with van der Waals surface area (Å²) in [4.78, 5) is 5.08. The molecule has 2 heterocycles. The van der Waals surface area contributed by atoms with Crippen LogP contribution in [0, 0.1) is 0 Å². The molecule has 2 fully saturated rings. The van der Waals surface area contributed by atoms with Gasteiger partial charge in [-0.25, -0.2) is 0 Å². The first-order chi connectivity index (χ1) is 9.62. The lowest BCUT2D eigenvalue weighted by Gasteiger charge is -2.42. The van der Waals surface area contributed by atoms with Crippen molar-refractivity contribution in [2.24, 2.45) is 0 Å². The van der Waals surface area contributed by atoms with E-state index in [-0.39, 0.29) is 0 Å². The maximum atomic E-state index is 5.37. The maximum Gasteiger partial charge on any atom is 0.0620 e. The van der Waals surface area contributed by atoms with Crippen LogP contribution in [0.5, 0.6) is 0 Å². The van der Waals surface area contributed by atoms with E-state index < -0.39 is 0 Å². The first-order valence-electron chi connectivity index (χ1n) is 8.72. The molecular formula is C18H38N2O. The smallest absolute Gasteiger partial charge is 0.0620 e. The molecule has 126 valence electrons. The van der Waals surface area contributed by atoms with Gasteiger partial charge in [-0.05, 0) is 74.4 Å². The minimum Gasteiger partial charge on any atom is -0.379 e. The number of rotatable bonds is 0. The summed E-state index contributed by atoms with van der Waals surface area (Å²) in [5.74, 6) is 0. The molecular weight excluding hydrogens is 260 g/mol. The van der Waals surface area contributed by atoms with Crippen molar-refractivity contribution in [3.05, 3.63) is 0 Å². The van der Waals surface area contributed by atoms with Gasteiger partial charge in [-0.15, -0.1) is 0 Å². The second kappa shape index (κ2) is 7.94. The zero-order valence-corrected chi connectivity index (χ0v) is 15.5. The topological polar surface area (TPSA) is 15.7 Å². The van der Waals surface area contributed by atoms with Crippen molar-refractivity contribution >= 4 is 0 Å². The summed E-state index contributed by atoms with van der Waals surface area (Å²) in [5, 5.41) is 0. The zero-order chi connectivity index (χ0) is 16.1. The Hall–Kier alpha value is -0.120. The summed E-state index contributed by atoms with van der Waals surface area (Å²) in [6.45, 7) is 21.4. The molecule has 2 aliphatic rings. The summed E-state index contributed by atoms with van der Waals surface area (Å²) in [6.07, 6.45) is 4.24. The Morgan fingerprint density at radius 2 is 1.38 bits per heavy atom. The number of morpholine rings is 1. The summed E-state index contributed by atoms with van der Waals surface area (Å²) < 4.78 is 5.37. The van der Waals surface area contributed by atoms with Crippen LogP contribution >= 0.6 is 0 Å². The second-order valence-electron chi connectivity index (χ2n) is 8.51. The largest absolute Gasteiger partial charge is 0.379 e. The lowest BCUT2D eigenvalue weighted by molar-refractivity contribution is -0.0421. The molecule has 2 saturated heterocycles. The average Bonchev–Trinajstić information content (AvgIpc) is 2.39. The van der Waals surface area contributed by atoms with E-state index in [9.17, 15) is 0 Å². The van der Waals surface area contributed by atoms with E-state index in [1.165, 1.54) is 32.4 Å². The molecule has 0 aromatic heterocycles. The Balaban J connectivity index is 0.000000211. The van der Waals surface area contributed by atoms with Crippen LogP contribution in [0.25, 0.3) is 0 Å². The first-order valence-corrected chi connectivity index (χ1v) is 8.72. The van der Waals surface area contributed by atoms with E-state index in [4.69, 9.17) is 4.74 Å². The van der Waals surface area contributed by atoms with Gasteiger partial charge >= 0.3 is 0 Å². The number of ether oxygens (including phenoxy) is 1. The Morgan fingerprint density at radius 3 is 1.71 bits per heavy atom. The second-order valence-corrected chi connectivity index (χ2v) is 8.51. The molecule has 0 amide bonds. The van der Waals surface area contributed by atoms with E-state index in [0.717, 1.165) is 19.8 Å². The van der Waals surface area contributed by atoms with Gasteiger partial charge in [0.1, 0.15) is 0 Å². The van der Waals surface area contributed by atoms with E-state index in [1.54, 1.807) is 0 Å². The van der Waals surface area contributed by atoms with Crippen molar-refractivity contribution in [2.45, 2.75) is 84.8 Å². The van der Waals surface area contributed by atoms with Gasteiger partial charge < -0.3 is 4.74 Å². The summed E-state index contributed by atoms with van der Waals surface area (Å²) in [7, 11) is 0. The van der Waals surface area contributed by atoms with Gasteiger partial charge in [0.05, 0.1) is 13.2 Å². The highest BCUT2D eigenvalue weighted by molar-refractivity contribution is 4.82. The van der Waals surface area contributed by atoms with E-state index in [2.05, 4.69) is 58.3 Å². The van der Waals surface area contributed by atoms with Crippen molar-refractivity contribution in [2.75, 3.05) is 32.8 Å². The summed E-state index contributed by atoms with van der Waals surface area (Å²) in [6, 6.07) is 0.573. The van der Waals surface area contributed by atoms with Crippen LogP contribution in [0.15, 0.2) is 0 Å². The molecule has 0 aliphatic carbocycles. The Kier molecular flexibility index (Phi) is 7.15. The third kappa shape index (κ3) is 6.66. The zero-order valence-electron chi connectivity index (χ0n) is 15.5. The van der Waals surface area contributed by atoms with E-state index in [0.29, 0.717) is 17.1 Å². The number of piperidine rings is 1. The fourth-order valence-corrected chi connectivity index (χ4v) is 3.29. The van der Waals surface area contributed by atoms with Crippen LogP contribution in [-0.2, 0) is 4.74 Å². The van der Waals surface area contributed by atoms with Crippen molar-refractivity contribution in [1.82, 2.24) is 9.80 Å². The van der Waals surface area contributed by atoms with Gasteiger partial charge in [0.2, 0.25) is 0 Å². The molecule has 3 heteroatoms. The lowest BCUT2D eigenvalue weighted by atomic mass is 10.0. The monoisotopic (exact) mass is 298 g/mol. The van der Waals surface area contributed by atoms with Crippen LogP contribution in [0.4, 0.5) is 0 Å². The van der Waals surface area contributed by atoms with E-state index in [1.807, 2.05) is 0 Å². The standard InChI is InChI=1S/C9H19NO.C9H19N/c1-8-7-11-6-5-10(8)9(2,3)4;1-9(2,3)10-7-5-4-6-8-10/h8H,5-7H2,1-4H3;4-8H2,1-3H3. The molecule has 3 nitrogen and oxygen atoms in total. The molecule has 0 radical (unpaired) electrons. The minimum atomic E-state index is 0.295. The molecule has 0 bridgehead atoms. The van der Waals surface area contributed by atoms with Crippen LogP contribution in [0.1, 0.15) is 67.7 Å². The van der Waals surface area contributed by atoms with Crippen LogP contribution in [0.2, 0.25) is 0 Å². The Bertz CT molecular complexity index is 285. The fourth-order valence-electron chi connectivity index (χ4n) is 3.29. The fraction of sp³-hybridized carbons (Fsp3) is 1.00. The number of likely N-dealkylation sites (tertiary alicyclic amines) is 1. The molecule has 21 heavy (non-hydrogen) atoms. The third-order valence-corrected chi connectivity index (χ3v) is 4.53.